The van der Waals surface area contributed by atoms with Crippen molar-refractivity contribution in [2.45, 2.75) is 32.4 Å². The number of fused-ring (bicyclic) bond motifs is 1. The van der Waals surface area contributed by atoms with Crippen molar-refractivity contribution in [2.24, 2.45) is 5.92 Å². The molecule has 0 spiro atoms. The number of nitrogens with one attached hydrogen (secondary N) is 1. The zero-order valence-electron chi connectivity index (χ0n) is 12.2. The van der Waals surface area contributed by atoms with Gasteiger partial charge in [-0.05, 0) is 41.2 Å². The molecule has 3 heteroatoms. The van der Waals surface area contributed by atoms with E-state index in [1.807, 2.05) is 12.1 Å². The molecule has 2 unspecified atom stereocenters. The van der Waals surface area contributed by atoms with Gasteiger partial charge in [-0.25, -0.2) is 8.78 Å². The molecule has 0 fully saturated rings. The molecule has 21 heavy (non-hydrogen) atoms. The third-order valence-electron chi connectivity index (χ3n) is 4.27. The lowest BCUT2D eigenvalue weighted by Gasteiger charge is -2.35. The molecule has 0 bridgehead atoms. The van der Waals surface area contributed by atoms with Gasteiger partial charge in [0.1, 0.15) is 0 Å². The highest BCUT2D eigenvalue weighted by Crippen LogP contribution is 2.32. The Labute approximate surface area is 124 Å². The van der Waals surface area contributed by atoms with Crippen LogP contribution >= 0.6 is 0 Å². The van der Waals surface area contributed by atoms with Crippen LogP contribution in [0.15, 0.2) is 42.5 Å². The molecule has 1 aliphatic rings. The summed E-state index contributed by atoms with van der Waals surface area (Å²) in [5.41, 5.74) is 3.21. The van der Waals surface area contributed by atoms with Crippen LogP contribution in [-0.2, 0) is 6.42 Å². The molecule has 2 aromatic rings. The number of hydrogen-bond acceptors (Lipinski definition) is 1. The molecule has 1 aliphatic heterocycles. The summed E-state index contributed by atoms with van der Waals surface area (Å²) in [5, 5.41) is 3.58. The second kappa shape index (κ2) is 5.57. The average molecular weight is 287 g/mol. The highest BCUT2D eigenvalue weighted by molar-refractivity contribution is 5.40. The van der Waals surface area contributed by atoms with Crippen molar-refractivity contribution in [2.75, 3.05) is 0 Å². The van der Waals surface area contributed by atoms with Gasteiger partial charge >= 0.3 is 0 Å². The lowest BCUT2D eigenvalue weighted by atomic mass is 9.83. The van der Waals surface area contributed by atoms with Gasteiger partial charge in [0, 0.05) is 6.04 Å². The molecule has 1 N–H and O–H groups in total. The van der Waals surface area contributed by atoms with E-state index in [0.717, 1.165) is 17.5 Å². The molecule has 0 saturated carbocycles. The van der Waals surface area contributed by atoms with E-state index in [-0.39, 0.29) is 6.04 Å². The van der Waals surface area contributed by atoms with Crippen LogP contribution in [0.4, 0.5) is 8.78 Å². The quantitative estimate of drug-likeness (QED) is 0.872. The number of benzene rings is 2. The van der Waals surface area contributed by atoms with Gasteiger partial charge in [0.2, 0.25) is 0 Å². The number of halogens is 2. The molecule has 2 aromatic carbocycles. The molecule has 0 saturated heterocycles. The Balaban J connectivity index is 2.05. The van der Waals surface area contributed by atoms with E-state index in [1.54, 1.807) is 6.07 Å². The maximum Gasteiger partial charge on any atom is 0.159 e. The minimum atomic E-state index is -0.803. The fourth-order valence-electron chi connectivity index (χ4n) is 3.00. The second-order valence-electron chi connectivity index (χ2n) is 6.03. The van der Waals surface area contributed by atoms with Gasteiger partial charge < -0.3 is 5.32 Å². The fraction of sp³-hybridized carbons (Fsp3) is 0.333. The van der Waals surface area contributed by atoms with Crippen LogP contribution in [0.3, 0.4) is 0 Å². The Morgan fingerprint density at radius 2 is 1.81 bits per heavy atom. The van der Waals surface area contributed by atoms with Crippen molar-refractivity contribution < 1.29 is 8.78 Å². The van der Waals surface area contributed by atoms with Crippen LogP contribution < -0.4 is 5.32 Å². The molecule has 3 rings (SSSR count). The van der Waals surface area contributed by atoms with Crippen LogP contribution in [0.2, 0.25) is 0 Å². The number of rotatable bonds is 2. The van der Waals surface area contributed by atoms with Crippen molar-refractivity contribution in [3.63, 3.8) is 0 Å². The minimum absolute atomic E-state index is 0.0857. The normalized spacial score (nSPS) is 21.4. The Morgan fingerprint density at radius 3 is 2.52 bits per heavy atom. The summed E-state index contributed by atoms with van der Waals surface area (Å²) in [7, 11) is 0. The average Bonchev–Trinajstić information content (AvgIpc) is 2.49. The number of hydrogen-bond donors (Lipinski definition) is 1. The predicted molar refractivity (Wildman–Crippen MR) is 80.1 cm³/mol. The Morgan fingerprint density at radius 1 is 1.05 bits per heavy atom. The molecule has 110 valence electrons. The first-order valence-electron chi connectivity index (χ1n) is 7.35. The smallest absolute Gasteiger partial charge is 0.159 e. The molecule has 0 aromatic heterocycles. The van der Waals surface area contributed by atoms with Crippen LogP contribution in [0.25, 0.3) is 0 Å². The Hall–Kier alpha value is -1.74. The standard InChI is InChI=1S/C18H19F2N/c1-11(2)17-10-12-5-3-4-6-14(12)18(21-17)13-7-8-15(19)16(20)9-13/h3-9,11,17-18,21H,10H2,1-2H3. The first kappa shape index (κ1) is 14.2. The van der Waals surface area contributed by atoms with Crippen molar-refractivity contribution >= 4 is 0 Å². The van der Waals surface area contributed by atoms with Crippen LogP contribution in [0.5, 0.6) is 0 Å². The molecule has 0 aliphatic carbocycles. The molecule has 1 nitrogen and oxygen atoms in total. The fourth-order valence-corrected chi connectivity index (χ4v) is 3.00. The second-order valence-corrected chi connectivity index (χ2v) is 6.03. The summed E-state index contributed by atoms with van der Waals surface area (Å²) < 4.78 is 26.7. The first-order chi connectivity index (χ1) is 10.1. The van der Waals surface area contributed by atoms with Gasteiger partial charge in [-0.1, -0.05) is 44.2 Å². The van der Waals surface area contributed by atoms with E-state index in [9.17, 15) is 8.78 Å². The molecule has 0 amide bonds. The highest BCUT2D eigenvalue weighted by Gasteiger charge is 2.28. The molecule has 1 heterocycles. The molecule has 0 radical (unpaired) electrons. The zero-order valence-corrected chi connectivity index (χ0v) is 12.2. The third-order valence-corrected chi connectivity index (χ3v) is 4.27. The van der Waals surface area contributed by atoms with Crippen molar-refractivity contribution in [1.82, 2.24) is 5.32 Å². The van der Waals surface area contributed by atoms with Gasteiger partial charge in [-0.2, -0.15) is 0 Å². The Bertz CT molecular complexity index is 651. The van der Waals surface area contributed by atoms with Crippen LogP contribution in [0.1, 0.15) is 36.6 Å². The minimum Gasteiger partial charge on any atom is -0.303 e. The van der Waals surface area contributed by atoms with Gasteiger partial charge in [0.15, 0.2) is 11.6 Å². The van der Waals surface area contributed by atoms with Crippen molar-refractivity contribution in [3.05, 3.63) is 70.8 Å². The highest BCUT2D eigenvalue weighted by atomic mass is 19.2. The van der Waals surface area contributed by atoms with Crippen molar-refractivity contribution in [1.29, 1.82) is 0 Å². The van der Waals surface area contributed by atoms with E-state index in [4.69, 9.17) is 0 Å². The van der Waals surface area contributed by atoms with Gasteiger partial charge in [0.25, 0.3) is 0 Å². The first-order valence-corrected chi connectivity index (χ1v) is 7.35. The maximum atomic E-state index is 13.6. The van der Waals surface area contributed by atoms with E-state index in [2.05, 4.69) is 31.3 Å². The van der Waals surface area contributed by atoms with Gasteiger partial charge in [0.05, 0.1) is 6.04 Å². The van der Waals surface area contributed by atoms with Crippen LogP contribution in [-0.4, -0.2) is 6.04 Å². The summed E-state index contributed by atoms with van der Waals surface area (Å²) in [6, 6.07) is 12.6. The van der Waals surface area contributed by atoms with E-state index < -0.39 is 11.6 Å². The summed E-state index contributed by atoms with van der Waals surface area (Å²) in [6.45, 7) is 4.35. The van der Waals surface area contributed by atoms with Gasteiger partial charge in [-0.15, -0.1) is 0 Å². The van der Waals surface area contributed by atoms with E-state index >= 15 is 0 Å². The van der Waals surface area contributed by atoms with Gasteiger partial charge in [-0.3, -0.25) is 0 Å². The van der Waals surface area contributed by atoms with E-state index in [0.29, 0.717) is 12.0 Å². The third kappa shape index (κ3) is 2.70. The van der Waals surface area contributed by atoms with Crippen LogP contribution in [0, 0.1) is 17.6 Å². The molecular formula is C18H19F2N. The SMILES string of the molecule is CC(C)C1Cc2ccccc2C(c2ccc(F)c(F)c2)N1. The van der Waals surface area contributed by atoms with E-state index in [1.165, 1.54) is 17.7 Å². The maximum absolute atomic E-state index is 13.6. The summed E-state index contributed by atoms with van der Waals surface area (Å²) in [4.78, 5) is 0. The zero-order chi connectivity index (χ0) is 15.0. The summed E-state index contributed by atoms with van der Waals surface area (Å²) >= 11 is 0. The summed E-state index contributed by atoms with van der Waals surface area (Å²) in [5.74, 6) is -1.12. The lowest BCUT2D eigenvalue weighted by molar-refractivity contribution is 0.351. The lowest BCUT2D eigenvalue weighted by Crippen LogP contribution is -2.43. The topological polar surface area (TPSA) is 12.0 Å². The predicted octanol–water partition coefficient (Wildman–Crippen LogP) is 4.22. The summed E-state index contributed by atoms with van der Waals surface area (Å²) in [6.07, 6.45) is 0.966. The molecule has 2 atom stereocenters. The Kier molecular flexibility index (Phi) is 3.77. The van der Waals surface area contributed by atoms with Crippen molar-refractivity contribution in [3.8, 4) is 0 Å². The molecular weight excluding hydrogens is 268 g/mol. The largest absolute Gasteiger partial charge is 0.303 e. The monoisotopic (exact) mass is 287 g/mol.